The number of benzene rings is 2. The monoisotopic (exact) mass is 436 g/mol. The van der Waals surface area contributed by atoms with Crippen molar-refractivity contribution in [1.29, 1.82) is 0 Å². The molecule has 0 aliphatic heterocycles. The zero-order valence-electron chi connectivity index (χ0n) is 17.7. The zero-order valence-corrected chi connectivity index (χ0v) is 18.5. The van der Waals surface area contributed by atoms with Crippen molar-refractivity contribution in [1.82, 2.24) is 9.62 Å². The number of carbonyl (C=O) groups is 1. The molecule has 2 rings (SSSR count). The minimum absolute atomic E-state index is 0.156. The van der Waals surface area contributed by atoms with E-state index in [0.29, 0.717) is 36.6 Å². The minimum atomic E-state index is -3.56. The second-order valence-corrected chi connectivity index (χ2v) is 8.79. The fourth-order valence-electron chi connectivity index (χ4n) is 2.69. The van der Waals surface area contributed by atoms with Crippen molar-refractivity contribution in [2.45, 2.75) is 17.7 Å². The predicted molar refractivity (Wildman–Crippen MR) is 114 cm³/mol. The Labute approximate surface area is 177 Å². The third kappa shape index (κ3) is 6.36. The van der Waals surface area contributed by atoms with Gasteiger partial charge in [0, 0.05) is 20.5 Å². The molecule has 0 aromatic heterocycles. The molecule has 2 aromatic carbocycles. The Bertz CT molecular complexity index is 942. The predicted octanol–water partition coefficient (Wildman–Crippen LogP) is 2.08. The molecule has 0 saturated carbocycles. The molecule has 0 aliphatic rings. The Hall–Kier alpha value is -2.78. The molecule has 2 aromatic rings. The quantitative estimate of drug-likeness (QED) is 0.542. The molecular formula is C21H28N2O6S. The lowest BCUT2D eigenvalue weighted by molar-refractivity contribution is -0.121. The third-order valence-electron chi connectivity index (χ3n) is 4.40. The maximum atomic E-state index is 12.3. The molecule has 30 heavy (non-hydrogen) atoms. The summed E-state index contributed by atoms with van der Waals surface area (Å²) in [6.07, 6.45) is 0.551. The van der Waals surface area contributed by atoms with Gasteiger partial charge in [-0.2, -0.15) is 0 Å². The number of ether oxygens (including phenoxy) is 3. The third-order valence-corrected chi connectivity index (χ3v) is 6.22. The molecule has 8 nitrogen and oxygen atoms in total. The number of sulfonamides is 1. The van der Waals surface area contributed by atoms with Crippen LogP contribution in [-0.4, -0.2) is 60.1 Å². The van der Waals surface area contributed by atoms with Gasteiger partial charge in [0.15, 0.2) is 0 Å². The molecule has 0 heterocycles. The molecule has 0 atom stereocenters. The molecule has 0 fully saturated rings. The van der Waals surface area contributed by atoms with E-state index in [2.05, 4.69) is 5.32 Å². The van der Waals surface area contributed by atoms with Gasteiger partial charge >= 0.3 is 0 Å². The first-order valence-electron chi connectivity index (χ1n) is 9.41. The highest BCUT2D eigenvalue weighted by atomic mass is 32.2. The summed E-state index contributed by atoms with van der Waals surface area (Å²) in [6.45, 7) is 0.689. The molecule has 0 bridgehead atoms. The summed E-state index contributed by atoms with van der Waals surface area (Å²) in [6, 6.07) is 11.8. The number of aryl methyl sites for hydroxylation is 1. The van der Waals surface area contributed by atoms with Gasteiger partial charge < -0.3 is 19.5 Å². The summed E-state index contributed by atoms with van der Waals surface area (Å²) in [5, 5.41) is 2.79. The first-order valence-corrected chi connectivity index (χ1v) is 10.8. The van der Waals surface area contributed by atoms with Crippen LogP contribution in [0.1, 0.15) is 12.0 Å². The first kappa shape index (κ1) is 23.5. The van der Waals surface area contributed by atoms with Crippen molar-refractivity contribution in [2.24, 2.45) is 0 Å². The Morgan fingerprint density at radius 3 is 2.27 bits per heavy atom. The van der Waals surface area contributed by atoms with E-state index in [9.17, 15) is 13.2 Å². The Morgan fingerprint density at radius 1 is 1.00 bits per heavy atom. The van der Waals surface area contributed by atoms with E-state index < -0.39 is 10.0 Å². The Morgan fingerprint density at radius 2 is 1.67 bits per heavy atom. The number of nitrogens with zero attached hydrogens (tertiary/aromatic N) is 1. The van der Waals surface area contributed by atoms with Crippen LogP contribution in [-0.2, 0) is 21.2 Å². The van der Waals surface area contributed by atoms with E-state index in [0.717, 1.165) is 10.1 Å². The topological polar surface area (TPSA) is 94.2 Å². The van der Waals surface area contributed by atoms with Crippen LogP contribution in [0.4, 0.5) is 0 Å². The SMILES string of the molecule is COc1ccc(OCCNC(=O)CCc2cc(S(=O)(=O)N(C)C)ccc2OC)cc1. The molecule has 0 saturated heterocycles. The van der Waals surface area contributed by atoms with E-state index in [1.54, 1.807) is 43.5 Å². The number of amides is 1. The molecule has 0 unspecified atom stereocenters. The van der Waals surface area contributed by atoms with Crippen molar-refractivity contribution in [3.05, 3.63) is 48.0 Å². The number of hydrogen-bond acceptors (Lipinski definition) is 6. The number of nitrogens with one attached hydrogen (secondary N) is 1. The van der Waals surface area contributed by atoms with E-state index in [1.807, 2.05) is 0 Å². The summed E-state index contributed by atoms with van der Waals surface area (Å²) in [5.41, 5.74) is 0.657. The smallest absolute Gasteiger partial charge is 0.242 e. The van der Waals surface area contributed by atoms with Gasteiger partial charge in [-0.05, 0) is 54.4 Å². The highest BCUT2D eigenvalue weighted by Gasteiger charge is 2.19. The van der Waals surface area contributed by atoms with Crippen molar-refractivity contribution in [3.63, 3.8) is 0 Å². The highest BCUT2D eigenvalue weighted by Crippen LogP contribution is 2.25. The van der Waals surface area contributed by atoms with E-state index >= 15 is 0 Å². The van der Waals surface area contributed by atoms with Gasteiger partial charge in [0.05, 0.1) is 25.7 Å². The molecule has 0 aliphatic carbocycles. The number of methoxy groups -OCH3 is 2. The lowest BCUT2D eigenvalue weighted by Crippen LogP contribution is -2.28. The average Bonchev–Trinajstić information content (AvgIpc) is 2.75. The largest absolute Gasteiger partial charge is 0.497 e. The molecule has 1 N–H and O–H groups in total. The Kier molecular flexibility index (Phi) is 8.49. The molecule has 1 amide bonds. The first-order chi connectivity index (χ1) is 14.3. The second kappa shape index (κ2) is 10.8. The van der Waals surface area contributed by atoms with Gasteiger partial charge in [0.25, 0.3) is 0 Å². The number of carbonyl (C=O) groups excluding carboxylic acids is 1. The maximum absolute atomic E-state index is 12.3. The van der Waals surface area contributed by atoms with Crippen LogP contribution < -0.4 is 19.5 Å². The van der Waals surface area contributed by atoms with Gasteiger partial charge in [0.2, 0.25) is 15.9 Å². The summed E-state index contributed by atoms with van der Waals surface area (Å²) < 4.78 is 41.8. The Balaban J connectivity index is 1.86. The normalized spacial score (nSPS) is 11.2. The fourth-order valence-corrected chi connectivity index (χ4v) is 3.64. The van der Waals surface area contributed by atoms with E-state index in [-0.39, 0.29) is 17.2 Å². The van der Waals surface area contributed by atoms with Crippen LogP contribution in [0.5, 0.6) is 17.2 Å². The standard InChI is InChI=1S/C21H28N2O6S/c1-23(2)30(25,26)19-10-11-20(28-4)16(15-19)5-12-21(24)22-13-14-29-18-8-6-17(27-3)7-9-18/h6-11,15H,5,12-14H2,1-4H3,(H,22,24). The second-order valence-electron chi connectivity index (χ2n) is 6.64. The van der Waals surface area contributed by atoms with Gasteiger partial charge in [-0.3, -0.25) is 4.79 Å². The number of rotatable bonds is 11. The van der Waals surface area contributed by atoms with Gasteiger partial charge in [-0.15, -0.1) is 0 Å². The number of hydrogen-bond donors (Lipinski definition) is 1. The lowest BCUT2D eigenvalue weighted by atomic mass is 10.1. The van der Waals surface area contributed by atoms with Gasteiger partial charge in [0.1, 0.15) is 23.9 Å². The van der Waals surface area contributed by atoms with Gasteiger partial charge in [-0.25, -0.2) is 12.7 Å². The molecule has 0 spiro atoms. The fraction of sp³-hybridized carbons (Fsp3) is 0.381. The average molecular weight is 437 g/mol. The van der Waals surface area contributed by atoms with Crippen LogP contribution in [0.3, 0.4) is 0 Å². The van der Waals surface area contributed by atoms with Crippen molar-refractivity contribution in [3.8, 4) is 17.2 Å². The zero-order chi connectivity index (χ0) is 22.1. The van der Waals surface area contributed by atoms with Crippen LogP contribution in [0.15, 0.2) is 47.4 Å². The summed E-state index contributed by atoms with van der Waals surface area (Å²) in [7, 11) is 2.49. The molecule has 0 radical (unpaired) electrons. The van der Waals surface area contributed by atoms with Crippen LogP contribution in [0.25, 0.3) is 0 Å². The summed E-state index contributed by atoms with van der Waals surface area (Å²) in [5.74, 6) is 1.82. The molecule has 164 valence electrons. The summed E-state index contributed by atoms with van der Waals surface area (Å²) in [4.78, 5) is 12.3. The lowest BCUT2D eigenvalue weighted by Gasteiger charge is -2.14. The van der Waals surface area contributed by atoms with Crippen molar-refractivity contribution < 1.29 is 27.4 Å². The minimum Gasteiger partial charge on any atom is -0.497 e. The molecule has 9 heteroatoms. The van der Waals surface area contributed by atoms with Crippen LogP contribution >= 0.6 is 0 Å². The maximum Gasteiger partial charge on any atom is 0.242 e. The van der Waals surface area contributed by atoms with Crippen molar-refractivity contribution >= 4 is 15.9 Å². The highest BCUT2D eigenvalue weighted by molar-refractivity contribution is 7.89. The van der Waals surface area contributed by atoms with Crippen molar-refractivity contribution in [2.75, 3.05) is 41.5 Å². The van der Waals surface area contributed by atoms with E-state index in [4.69, 9.17) is 14.2 Å². The van der Waals surface area contributed by atoms with Gasteiger partial charge in [-0.1, -0.05) is 0 Å². The van der Waals surface area contributed by atoms with E-state index in [1.165, 1.54) is 27.3 Å². The van der Waals surface area contributed by atoms with Crippen LogP contribution in [0, 0.1) is 0 Å². The molecular weight excluding hydrogens is 408 g/mol. The summed E-state index contributed by atoms with van der Waals surface area (Å²) >= 11 is 0. The van der Waals surface area contributed by atoms with Crippen LogP contribution in [0.2, 0.25) is 0 Å².